The van der Waals surface area contributed by atoms with Crippen molar-refractivity contribution in [1.82, 2.24) is 4.90 Å². The summed E-state index contributed by atoms with van der Waals surface area (Å²) in [5, 5.41) is 9.04. The normalized spacial score (nSPS) is 38.2. The minimum Gasteiger partial charge on any atom is -0.480 e. The second-order valence-corrected chi connectivity index (χ2v) is 7.41. The molecule has 4 fully saturated rings. The molecule has 0 heterocycles. The number of carbonyl (C=O) groups is 2. The fraction of sp³-hybridized carbons (Fsp3) is 0.875. The Morgan fingerprint density at radius 3 is 1.95 bits per heavy atom. The average Bonchev–Trinajstić information content (AvgIpc) is 2.33. The summed E-state index contributed by atoms with van der Waals surface area (Å²) in [6.45, 7) is 3.67. The standard InChI is InChI=1S/C16H25NO3/c1-9(2)17(8-14(18)19)16(20)15-12-4-10-3-11(6-12)7-13(15)5-10/h9-13,15H,3-8H2,1-2H3,(H,18,19). The van der Waals surface area contributed by atoms with Crippen molar-refractivity contribution in [3.8, 4) is 0 Å². The Morgan fingerprint density at radius 2 is 1.55 bits per heavy atom. The Bertz CT molecular complexity index is 390. The molecule has 1 amide bonds. The molecule has 0 aromatic rings. The predicted molar refractivity (Wildman–Crippen MR) is 75.0 cm³/mol. The zero-order chi connectivity index (χ0) is 14.4. The van der Waals surface area contributed by atoms with Gasteiger partial charge in [0.15, 0.2) is 0 Å². The van der Waals surface area contributed by atoms with E-state index < -0.39 is 5.97 Å². The van der Waals surface area contributed by atoms with Crippen LogP contribution >= 0.6 is 0 Å². The van der Waals surface area contributed by atoms with Crippen LogP contribution in [0.1, 0.15) is 46.0 Å². The van der Waals surface area contributed by atoms with Gasteiger partial charge < -0.3 is 10.0 Å². The van der Waals surface area contributed by atoms with Gasteiger partial charge in [-0.15, -0.1) is 0 Å². The van der Waals surface area contributed by atoms with E-state index in [1.807, 2.05) is 13.8 Å². The van der Waals surface area contributed by atoms with Gasteiger partial charge in [0, 0.05) is 12.0 Å². The molecule has 4 heteroatoms. The van der Waals surface area contributed by atoms with Crippen LogP contribution in [-0.4, -0.2) is 34.5 Å². The number of aliphatic carboxylic acids is 1. The van der Waals surface area contributed by atoms with Crippen molar-refractivity contribution in [2.75, 3.05) is 6.54 Å². The molecule has 4 aliphatic rings. The van der Waals surface area contributed by atoms with Crippen LogP contribution in [0.2, 0.25) is 0 Å². The van der Waals surface area contributed by atoms with E-state index in [0.29, 0.717) is 11.8 Å². The van der Waals surface area contributed by atoms with Crippen LogP contribution < -0.4 is 0 Å². The van der Waals surface area contributed by atoms with Gasteiger partial charge in [0.1, 0.15) is 6.54 Å². The maximum absolute atomic E-state index is 12.9. The number of carboxylic acids is 1. The highest BCUT2D eigenvalue weighted by atomic mass is 16.4. The van der Waals surface area contributed by atoms with E-state index in [9.17, 15) is 9.59 Å². The molecule has 0 saturated heterocycles. The maximum Gasteiger partial charge on any atom is 0.323 e. The van der Waals surface area contributed by atoms with Gasteiger partial charge in [-0.3, -0.25) is 9.59 Å². The zero-order valence-electron chi connectivity index (χ0n) is 12.4. The molecular weight excluding hydrogens is 254 g/mol. The van der Waals surface area contributed by atoms with Crippen LogP contribution in [-0.2, 0) is 9.59 Å². The van der Waals surface area contributed by atoms with E-state index in [2.05, 4.69) is 0 Å². The molecule has 0 aliphatic heterocycles. The lowest BCUT2D eigenvalue weighted by Gasteiger charge is -2.54. The van der Waals surface area contributed by atoms with Crippen molar-refractivity contribution in [3.05, 3.63) is 0 Å². The minimum absolute atomic E-state index is 0.0317. The number of nitrogens with zero attached hydrogens (tertiary/aromatic N) is 1. The van der Waals surface area contributed by atoms with Gasteiger partial charge in [0.2, 0.25) is 5.91 Å². The van der Waals surface area contributed by atoms with Gasteiger partial charge in [-0.1, -0.05) is 0 Å². The summed E-state index contributed by atoms with van der Waals surface area (Å²) in [6, 6.07) is -0.0317. The highest BCUT2D eigenvalue weighted by Crippen LogP contribution is 2.56. The minimum atomic E-state index is -0.907. The summed E-state index contributed by atoms with van der Waals surface area (Å²) in [5.74, 6) is 2.03. The van der Waals surface area contributed by atoms with Crippen LogP contribution in [0.4, 0.5) is 0 Å². The smallest absolute Gasteiger partial charge is 0.323 e. The van der Waals surface area contributed by atoms with E-state index in [0.717, 1.165) is 11.8 Å². The SMILES string of the molecule is CC(C)N(CC(=O)O)C(=O)C1C2CC3CC(C2)CC1C3. The predicted octanol–water partition coefficient (Wildman–Crippen LogP) is 2.38. The second kappa shape index (κ2) is 5.05. The van der Waals surface area contributed by atoms with E-state index in [4.69, 9.17) is 5.11 Å². The third-order valence-corrected chi connectivity index (χ3v) is 5.72. The van der Waals surface area contributed by atoms with Crippen LogP contribution in [0, 0.1) is 29.6 Å². The van der Waals surface area contributed by atoms with Crippen molar-refractivity contribution >= 4 is 11.9 Å². The Balaban J connectivity index is 1.77. The first-order valence-electron chi connectivity index (χ1n) is 7.98. The molecule has 0 aromatic carbocycles. The lowest BCUT2D eigenvalue weighted by atomic mass is 9.51. The van der Waals surface area contributed by atoms with E-state index in [1.54, 1.807) is 4.90 Å². The van der Waals surface area contributed by atoms with Crippen LogP contribution in [0.25, 0.3) is 0 Å². The number of rotatable bonds is 4. The largest absolute Gasteiger partial charge is 0.480 e. The monoisotopic (exact) mass is 279 g/mol. The molecule has 112 valence electrons. The molecule has 4 saturated carbocycles. The van der Waals surface area contributed by atoms with Gasteiger partial charge in [0.05, 0.1) is 0 Å². The molecule has 0 atom stereocenters. The Labute approximate surface area is 120 Å². The van der Waals surface area contributed by atoms with Crippen molar-refractivity contribution in [1.29, 1.82) is 0 Å². The second-order valence-electron chi connectivity index (χ2n) is 7.41. The number of carboxylic acid groups (broad SMARTS) is 1. The molecule has 4 aliphatic carbocycles. The summed E-state index contributed by atoms with van der Waals surface area (Å²) in [7, 11) is 0. The van der Waals surface area contributed by atoms with Crippen LogP contribution in [0.15, 0.2) is 0 Å². The van der Waals surface area contributed by atoms with Gasteiger partial charge in [-0.2, -0.15) is 0 Å². The first kappa shape index (κ1) is 13.9. The van der Waals surface area contributed by atoms with Gasteiger partial charge in [-0.25, -0.2) is 0 Å². The first-order valence-corrected chi connectivity index (χ1v) is 7.98. The van der Waals surface area contributed by atoms with Crippen molar-refractivity contribution in [2.24, 2.45) is 29.6 Å². The van der Waals surface area contributed by atoms with Gasteiger partial charge in [-0.05, 0) is 69.6 Å². The average molecular weight is 279 g/mol. The van der Waals surface area contributed by atoms with Crippen molar-refractivity contribution < 1.29 is 14.7 Å². The number of carbonyl (C=O) groups excluding carboxylic acids is 1. The summed E-state index contributed by atoms with van der Waals surface area (Å²) in [4.78, 5) is 25.5. The molecule has 20 heavy (non-hydrogen) atoms. The number of hydrogen-bond donors (Lipinski definition) is 1. The highest BCUT2D eigenvalue weighted by Gasteiger charge is 2.51. The summed E-state index contributed by atoms with van der Waals surface area (Å²) >= 11 is 0. The summed E-state index contributed by atoms with van der Waals surface area (Å²) in [5.41, 5.74) is 0. The van der Waals surface area contributed by atoms with Crippen molar-refractivity contribution in [2.45, 2.75) is 52.0 Å². The Hall–Kier alpha value is -1.06. The van der Waals surface area contributed by atoms with E-state index in [-0.39, 0.29) is 24.4 Å². The Morgan fingerprint density at radius 1 is 1.05 bits per heavy atom. The lowest BCUT2D eigenvalue weighted by Crippen LogP contribution is -2.54. The topological polar surface area (TPSA) is 57.6 Å². The Kier molecular flexibility index (Phi) is 3.51. The molecule has 4 nitrogen and oxygen atoms in total. The van der Waals surface area contributed by atoms with E-state index >= 15 is 0 Å². The quantitative estimate of drug-likeness (QED) is 0.859. The molecule has 0 radical (unpaired) electrons. The highest BCUT2D eigenvalue weighted by molar-refractivity contribution is 5.84. The molecule has 0 unspecified atom stereocenters. The van der Waals surface area contributed by atoms with E-state index in [1.165, 1.54) is 32.1 Å². The van der Waals surface area contributed by atoms with Gasteiger partial charge >= 0.3 is 5.97 Å². The molecular formula is C16H25NO3. The fourth-order valence-corrected chi connectivity index (χ4v) is 5.18. The van der Waals surface area contributed by atoms with Crippen molar-refractivity contribution in [3.63, 3.8) is 0 Å². The zero-order valence-corrected chi connectivity index (χ0v) is 12.4. The molecule has 0 spiro atoms. The molecule has 0 aromatic heterocycles. The molecule has 4 rings (SSSR count). The third kappa shape index (κ3) is 2.33. The number of amides is 1. The maximum atomic E-state index is 12.9. The number of hydrogen-bond acceptors (Lipinski definition) is 2. The van der Waals surface area contributed by atoms with Crippen LogP contribution in [0.3, 0.4) is 0 Å². The molecule has 1 N–H and O–H groups in total. The first-order chi connectivity index (χ1) is 9.45. The summed E-state index contributed by atoms with van der Waals surface area (Å²) in [6.07, 6.45) is 6.16. The van der Waals surface area contributed by atoms with Gasteiger partial charge in [0.25, 0.3) is 0 Å². The van der Waals surface area contributed by atoms with Crippen LogP contribution in [0.5, 0.6) is 0 Å². The lowest BCUT2D eigenvalue weighted by molar-refractivity contribution is -0.156. The fourth-order valence-electron chi connectivity index (χ4n) is 5.18. The molecule has 4 bridgehead atoms. The third-order valence-electron chi connectivity index (χ3n) is 5.72. The summed E-state index contributed by atoms with van der Waals surface area (Å²) < 4.78 is 0.